The number of nitrogens with two attached hydrogens (primary N) is 1. The molecule has 20 heavy (non-hydrogen) atoms. The fraction of sp³-hybridized carbons (Fsp3) is 0.385. The number of hydrogen-bond donors (Lipinski definition) is 1. The molecule has 0 bridgehead atoms. The van der Waals surface area contributed by atoms with Gasteiger partial charge in [-0.1, -0.05) is 13.8 Å². The first-order valence-corrected chi connectivity index (χ1v) is 6.40. The van der Waals surface area contributed by atoms with Gasteiger partial charge in [0.25, 0.3) is 5.69 Å². The van der Waals surface area contributed by atoms with Crippen molar-refractivity contribution in [3.8, 4) is 11.4 Å². The number of benzene rings is 1. The first-order valence-electron chi connectivity index (χ1n) is 6.40. The monoisotopic (exact) mass is 275 g/mol. The third-order valence-corrected chi connectivity index (χ3v) is 2.89. The second kappa shape index (κ2) is 5.79. The molecule has 0 aliphatic heterocycles. The van der Waals surface area contributed by atoms with E-state index in [4.69, 9.17) is 5.73 Å². The Balaban J connectivity index is 2.41. The first kappa shape index (κ1) is 14.1. The van der Waals surface area contributed by atoms with Crippen LogP contribution in [0.4, 0.5) is 5.69 Å². The van der Waals surface area contributed by atoms with Crippen molar-refractivity contribution in [3.05, 3.63) is 40.2 Å². The van der Waals surface area contributed by atoms with Crippen LogP contribution in [-0.2, 0) is 13.1 Å². The standard InChI is InChI=1S/C13H17N5O2/c1-9(2)8-17-12(7-14)15-16-13(17)10-3-5-11(6-4-10)18(19)20/h3-6,9H,7-8,14H2,1-2H3. The third kappa shape index (κ3) is 2.83. The lowest BCUT2D eigenvalue weighted by molar-refractivity contribution is -0.384. The Morgan fingerprint density at radius 3 is 2.45 bits per heavy atom. The van der Waals surface area contributed by atoms with Gasteiger partial charge in [0.2, 0.25) is 0 Å². The summed E-state index contributed by atoms with van der Waals surface area (Å²) < 4.78 is 1.96. The second-order valence-corrected chi connectivity index (χ2v) is 4.95. The molecule has 0 atom stereocenters. The van der Waals surface area contributed by atoms with Crippen molar-refractivity contribution < 1.29 is 4.92 Å². The Kier molecular flexibility index (Phi) is 4.09. The van der Waals surface area contributed by atoms with Gasteiger partial charge in [-0.3, -0.25) is 10.1 Å². The molecule has 0 fully saturated rings. The minimum Gasteiger partial charge on any atom is -0.324 e. The number of nitro groups is 1. The van der Waals surface area contributed by atoms with Gasteiger partial charge in [-0.25, -0.2) is 0 Å². The molecular formula is C13H17N5O2. The summed E-state index contributed by atoms with van der Waals surface area (Å²) in [6, 6.07) is 6.29. The average molecular weight is 275 g/mol. The molecule has 0 unspecified atom stereocenters. The van der Waals surface area contributed by atoms with Crippen molar-refractivity contribution in [3.63, 3.8) is 0 Å². The summed E-state index contributed by atoms with van der Waals surface area (Å²) in [5.74, 6) is 1.83. The Hall–Kier alpha value is -2.28. The Morgan fingerprint density at radius 2 is 1.95 bits per heavy atom. The molecule has 1 heterocycles. The molecule has 0 aliphatic rings. The molecule has 0 spiro atoms. The van der Waals surface area contributed by atoms with Crippen LogP contribution in [-0.4, -0.2) is 19.7 Å². The fourth-order valence-electron chi connectivity index (χ4n) is 1.99. The number of non-ortho nitro benzene ring substituents is 1. The van der Waals surface area contributed by atoms with Crippen molar-refractivity contribution in [2.24, 2.45) is 11.7 Å². The minimum absolute atomic E-state index is 0.0581. The summed E-state index contributed by atoms with van der Waals surface area (Å²) in [4.78, 5) is 10.2. The van der Waals surface area contributed by atoms with Gasteiger partial charge in [0.15, 0.2) is 5.82 Å². The lowest BCUT2D eigenvalue weighted by atomic mass is 10.1. The fourth-order valence-corrected chi connectivity index (χ4v) is 1.99. The number of rotatable bonds is 5. The zero-order valence-electron chi connectivity index (χ0n) is 11.5. The highest BCUT2D eigenvalue weighted by Gasteiger charge is 2.15. The van der Waals surface area contributed by atoms with Crippen LogP contribution in [0.15, 0.2) is 24.3 Å². The minimum atomic E-state index is -0.423. The van der Waals surface area contributed by atoms with E-state index in [-0.39, 0.29) is 5.69 Å². The molecule has 0 radical (unpaired) electrons. The maximum Gasteiger partial charge on any atom is 0.269 e. The maximum absolute atomic E-state index is 10.7. The van der Waals surface area contributed by atoms with Crippen molar-refractivity contribution >= 4 is 5.69 Å². The second-order valence-electron chi connectivity index (χ2n) is 4.95. The molecule has 0 saturated heterocycles. The van der Waals surface area contributed by atoms with E-state index in [2.05, 4.69) is 24.0 Å². The Labute approximate surface area is 116 Å². The van der Waals surface area contributed by atoms with Crippen molar-refractivity contribution in [1.82, 2.24) is 14.8 Å². The highest BCUT2D eigenvalue weighted by molar-refractivity contribution is 5.57. The molecule has 2 N–H and O–H groups in total. The number of nitro benzene ring substituents is 1. The van der Waals surface area contributed by atoms with Gasteiger partial charge in [0, 0.05) is 24.2 Å². The third-order valence-electron chi connectivity index (χ3n) is 2.89. The van der Waals surface area contributed by atoms with E-state index >= 15 is 0 Å². The van der Waals surface area contributed by atoms with Crippen LogP contribution >= 0.6 is 0 Å². The van der Waals surface area contributed by atoms with Gasteiger partial charge in [0.05, 0.1) is 11.5 Å². The SMILES string of the molecule is CC(C)Cn1c(CN)nnc1-c1ccc([N+](=O)[O-])cc1. The molecule has 0 aliphatic carbocycles. The van der Waals surface area contributed by atoms with E-state index in [1.54, 1.807) is 12.1 Å². The Bertz CT molecular complexity index is 604. The number of aromatic nitrogens is 3. The largest absolute Gasteiger partial charge is 0.324 e. The quantitative estimate of drug-likeness (QED) is 0.664. The molecule has 0 amide bonds. The molecule has 1 aromatic carbocycles. The Morgan fingerprint density at radius 1 is 1.30 bits per heavy atom. The summed E-state index contributed by atoms with van der Waals surface area (Å²) in [5.41, 5.74) is 6.52. The van der Waals surface area contributed by atoms with E-state index in [0.29, 0.717) is 24.1 Å². The normalized spacial score (nSPS) is 11.0. The summed E-state index contributed by atoms with van der Waals surface area (Å²) >= 11 is 0. The summed E-state index contributed by atoms with van der Waals surface area (Å²) in [6.07, 6.45) is 0. The average Bonchev–Trinajstić information content (AvgIpc) is 2.81. The predicted molar refractivity (Wildman–Crippen MR) is 74.8 cm³/mol. The first-order chi connectivity index (χ1) is 9.52. The van der Waals surface area contributed by atoms with E-state index in [0.717, 1.165) is 12.1 Å². The van der Waals surface area contributed by atoms with E-state index in [9.17, 15) is 10.1 Å². The molecular weight excluding hydrogens is 258 g/mol. The molecule has 106 valence electrons. The number of nitrogens with zero attached hydrogens (tertiary/aromatic N) is 4. The molecule has 1 aromatic heterocycles. The topological polar surface area (TPSA) is 99.9 Å². The summed E-state index contributed by atoms with van der Waals surface area (Å²) in [7, 11) is 0. The van der Waals surface area contributed by atoms with Crippen LogP contribution in [0.1, 0.15) is 19.7 Å². The highest BCUT2D eigenvalue weighted by atomic mass is 16.6. The predicted octanol–water partition coefficient (Wildman–Crippen LogP) is 1.97. The molecule has 7 nitrogen and oxygen atoms in total. The van der Waals surface area contributed by atoms with Crippen molar-refractivity contribution in [2.75, 3.05) is 0 Å². The van der Waals surface area contributed by atoms with Gasteiger partial charge in [-0.05, 0) is 18.1 Å². The highest BCUT2D eigenvalue weighted by Crippen LogP contribution is 2.22. The smallest absolute Gasteiger partial charge is 0.269 e. The van der Waals surface area contributed by atoms with Crippen LogP contribution in [0, 0.1) is 16.0 Å². The lowest BCUT2D eigenvalue weighted by Gasteiger charge is -2.11. The van der Waals surface area contributed by atoms with Crippen LogP contribution in [0.25, 0.3) is 11.4 Å². The van der Waals surface area contributed by atoms with Crippen molar-refractivity contribution in [1.29, 1.82) is 0 Å². The molecule has 2 aromatic rings. The van der Waals surface area contributed by atoms with Gasteiger partial charge in [-0.2, -0.15) is 0 Å². The van der Waals surface area contributed by atoms with Gasteiger partial charge < -0.3 is 10.3 Å². The van der Waals surface area contributed by atoms with E-state index < -0.39 is 4.92 Å². The molecule has 0 saturated carbocycles. The van der Waals surface area contributed by atoms with Crippen LogP contribution in [0.2, 0.25) is 0 Å². The van der Waals surface area contributed by atoms with Crippen LogP contribution < -0.4 is 5.73 Å². The van der Waals surface area contributed by atoms with Crippen LogP contribution in [0.5, 0.6) is 0 Å². The molecule has 2 rings (SSSR count). The van der Waals surface area contributed by atoms with Crippen LogP contribution in [0.3, 0.4) is 0 Å². The maximum atomic E-state index is 10.7. The zero-order valence-corrected chi connectivity index (χ0v) is 11.5. The lowest BCUT2D eigenvalue weighted by Crippen LogP contribution is -2.13. The number of hydrogen-bond acceptors (Lipinski definition) is 5. The van der Waals surface area contributed by atoms with E-state index in [1.807, 2.05) is 4.57 Å². The van der Waals surface area contributed by atoms with Gasteiger partial charge in [0.1, 0.15) is 5.82 Å². The zero-order chi connectivity index (χ0) is 14.7. The summed E-state index contributed by atoms with van der Waals surface area (Å²) in [6.45, 7) is 5.26. The van der Waals surface area contributed by atoms with E-state index in [1.165, 1.54) is 12.1 Å². The van der Waals surface area contributed by atoms with Crippen molar-refractivity contribution in [2.45, 2.75) is 26.9 Å². The molecule has 7 heteroatoms. The summed E-state index contributed by atoms with van der Waals surface area (Å²) in [5, 5.41) is 18.9. The van der Waals surface area contributed by atoms with Gasteiger partial charge >= 0.3 is 0 Å². The van der Waals surface area contributed by atoms with Gasteiger partial charge in [-0.15, -0.1) is 10.2 Å².